The van der Waals surface area contributed by atoms with Gasteiger partial charge in [-0.1, -0.05) is 11.3 Å². The number of thiazole rings is 1. The second-order valence-electron chi connectivity index (χ2n) is 4.32. The SMILES string of the molecule is CCNc1nc(C)c(C(=O)c2ccc(N)c([N+](=O)[O-])c2)s1. The monoisotopic (exact) mass is 306 g/mol. The van der Waals surface area contributed by atoms with Crippen LogP contribution in [0, 0.1) is 17.0 Å². The maximum atomic E-state index is 12.5. The van der Waals surface area contributed by atoms with E-state index in [9.17, 15) is 14.9 Å². The molecule has 110 valence electrons. The topological polar surface area (TPSA) is 111 Å². The highest BCUT2D eigenvalue weighted by molar-refractivity contribution is 7.17. The Morgan fingerprint density at radius 3 is 2.86 bits per heavy atom. The number of nitrogens with zero attached hydrogens (tertiary/aromatic N) is 2. The van der Waals surface area contributed by atoms with Gasteiger partial charge in [0.15, 0.2) is 5.13 Å². The fourth-order valence-corrected chi connectivity index (χ4v) is 2.80. The number of nitrogens with one attached hydrogen (secondary N) is 1. The van der Waals surface area contributed by atoms with Crippen LogP contribution in [0.15, 0.2) is 18.2 Å². The van der Waals surface area contributed by atoms with Gasteiger partial charge in [-0.2, -0.15) is 0 Å². The Balaban J connectivity index is 2.40. The van der Waals surface area contributed by atoms with Crippen molar-refractivity contribution < 1.29 is 9.72 Å². The minimum absolute atomic E-state index is 0.0333. The molecule has 0 aliphatic rings. The third-order valence-electron chi connectivity index (χ3n) is 2.82. The number of carbonyl (C=O) groups excluding carboxylic acids is 1. The van der Waals surface area contributed by atoms with E-state index >= 15 is 0 Å². The first-order chi connectivity index (χ1) is 9.93. The number of anilines is 2. The van der Waals surface area contributed by atoms with Gasteiger partial charge in [0.1, 0.15) is 5.69 Å². The number of aryl methyl sites for hydroxylation is 1. The highest BCUT2D eigenvalue weighted by Gasteiger charge is 2.20. The Morgan fingerprint density at radius 2 is 2.24 bits per heavy atom. The fourth-order valence-electron chi connectivity index (χ4n) is 1.81. The van der Waals surface area contributed by atoms with Gasteiger partial charge in [-0.15, -0.1) is 0 Å². The van der Waals surface area contributed by atoms with Gasteiger partial charge in [0.2, 0.25) is 5.78 Å². The lowest BCUT2D eigenvalue weighted by atomic mass is 10.1. The van der Waals surface area contributed by atoms with E-state index in [2.05, 4.69) is 10.3 Å². The molecule has 0 spiro atoms. The van der Waals surface area contributed by atoms with E-state index in [0.29, 0.717) is 22.2 Å². The molecular weight excluding hydrogens is 292 g/mol. The molecule has 1 aromatic heterocycles. The van der Waals surface area contributed by atoms with Crippen LogP contribution < -0.4 is 11.1 Å². The van der Waals surface area contributed by atoms with Crippen molar-refractivity contribution in [1.82, 2.24) is 4.98 Å². The highest BCUT2D eigenvalue weighted by Crippen LogP contribution is 2.28. The van der Waals surface area contributed by atoms with Crippen molar-refractivity contribution in [1.29, 1.82) is 0 Å². The number of carbonyl (C=O) groups is 1. The quantitative estimate of drug-likeness (QED) is 0.380. The maximum Gasteiger partial charge on any atom is 0.292 e. The van der Waals surface area contributed by atoms with Gasteiger partial charge in [0, 0.05) is 18.2 Å². The van der Waals surface area contributed by atoms with E-state index in [-0.39, 0.29) is 22.7 Å². The number of ketones is 1. The summed E-state index contributed by atoms with van der Waals surface area (Å²) in [5.41, 5.74) is 6.12. The van der Waals surface area contributed by atoms with Gasteiger partial charge in [-0.05, 0) is 26.0 Å². The molecule has 0 aliphatic carbocycles. The van der Waals surface area contributed by atoms with Crippen molar-refractivity contribution in [3.05, 3.63) is 44.4 Å². The third-order valence-corrected chi connectivity index (χ3v) is 3.93. The van der Waals surface area contributed by atoms with Gasteiger partial charge < -0.3 is 11.1 Å². The highest BCUT2D eigenvalue weighted by atomic mass is 32.1. The predicted molar refractivity (Wildman–Crippen MR) is 82.0 cm³/mol. The lowest BCUT2D eigenvalue weighted by Gasteiger charge is -2.01. The normalized spacial score (nSPS) is 10.4. The number of hydrogen-bond donors (Lipinski definition) is 2. The predicted octanol–water partition coefficient (Wildman–Crippen LogP) is 2.60. The van der Waals surface area contributed by atoms with Crippen LogP contribution in [0.25, 0.3) is 0 Å². The van der Waals surface area contributed by atoms with Crippen LogP contribution in [-0.2, 0) is 0 Å². The van der Waals surface area contributed by atoms with Gasteiger partial charge in [0.05, 0.1) is 15.5 Å². The van der Waals surface area contributed by atoms with Crippen molar-refractivity contribution in [2.45, 2.75) is 13.8 Å². The number of aromatic nitrogens is 1. The van der Waals surface area contributed by atoms with E-state index in [1.54, 1.807) is 6.92 Å². The van der Waals surface area contributed by atoms with Crippen LogP contribution in [0.5, 0.6) is 0 Å². The minimum atomic E-state index is -0.601. The summed E-state index contributed by atoms with van der Waals surface area (Å²) in [5, 5.41) is 14.6. The molecule has 1 aromatic carbocycles. The second-order valence-corrected chi connectivity index (χ2v) is 5.32. The van der Waals surface area contributed by atoms with Crippen molar-refractivity contribution in [3.63, 3.8) is 0 Å². The number of nitro benzene ring substituents is 1. The number of nitrogens with two attached hydrogens (primary N) is 1. The second kappa shape index (κ2) is 5.88. The van der Waals surface area contributed by atoms with Crippen LogP contribution in [0.2, 0.25) is 0 Å². The largest absolute Gasteiger partial charge is 0.393 e. The summed E-state index contributed by atoms with van der Waals surface area (Å²) in [4.78, 5) is 27.4. The van der Waals surface area contributed by atoms with Crippen LogP contribution in [0.3, 0.4) is 0 Å². The molecule has 2 aromatic rings. The molecule has 0 bridgehead atoms. The molecular formula is C13H14N4O3S. The fraction of sp³-hybridized carbons (Fsp3) is 0.231. The Labute approximate surface area is 125 Å². The molecule has 0 fully saturated rings. The zero-order valence-corrected chi connectivity index (χ0v) is 12.4. The number of nitrogen functional groups attached to an aromatic ring is 1. The van der Waals surface area contributed by atoms with Crippen LogP contribution in [0.4, 0.5) is 16.5 Å². The molecule has 0 amide bonds. The smallest absolute Gasteiger partial charge is 0.292 e. The number of nitro groups is 1. The average Bonchev–Trinajstić information content (AvgIpc) is 2.79. The molecule has 0 unspecified atom stereocenters. The van der Waals surface area contributed by atoms with Crippen molar-refractivity contribution in [3.8, 4) is 0 Å². The Morgan fingerprint density at radius 1 is 1.52 bits per heavy atom. The van der Waals surface area contributed by atoms with Crippen molar-refractivity contribution in [2.24, 2.45) is 0 Å². The molecule has 7 nitrogen and oxygen atoms in total. The zero-order valence-electron chi connectivity index (χ0n) is 11.5. The molecule has 0 saturated carbocycles. The number of hydrogen-bond acceptors (Lipinski definition) is 7. The van der Waals surface area contributed by atoms with E-state index in [0.717, 1.165) is 0 Å². The molecule has 0 aliphatic heterocycles. The lowest BCUT2D eigenvalue weighted by Crippen LogP contribution is -2.03. The van der Waals surface area contributed by atoms with Gasteiger partial charge in [-0.3, -0.25) is 14.9 Å². The molecule has 2 rings (SSSR count). The van der Waals surface area contributed by atoms with Crippen molar-refractivity contribution in [2.75, 3.05) is 17.6 Å². The summed E-state index contributed by atoms with van der Waals surface area (Å²) in [6.45, 7) is 4.37. The number of rotatable bonds is 5. The van der Waals surface area contributed by atoms with E-state index in [1.165, 1.54) is 29.5 Å². The molecule has 8 heteroatoms. The Hall–Kier alpha value is -2.48. The standard InChI is InChI=1S/C13H14N4O3S/c1-3-15-13-16-7(2)12(21-13)11(18)8-4-5-9(14)10(6-8)17(19)20/h4-6H,3,14H2,1-2H3,(H,15,16). The van der Waals surface area contributed by atoms with Crippen LogP contribution in [-0.4, -0.2) is 22.2 Å². The Kier molecular flexibility index (Phi) is 4.18. The first-order valence-corrected chi connectivity index (χ1v) is 7.05. The summed E-state index contributed by atoms with van der Waals surface area (Å²) in [5.74, 6) is -0.294. The van der Waals surface area contributed by atoms with Gasteiger partial charge >= 0.3 is 0 Å². The van der Waals surface area contributed by atoms with Crippen LogP contribution in [0.1, 0.15) is 27.9 Å². The molecule has 3 N–H and O–H groups in total. The first kappa shape index (κ1) is 14.9. The van der Waals surface area contributed by atoms with E-state index in [4.69, 9.17) is 5.73 Å². The molecule has 21 heavy (non-hydrogen) atoms. The summed E-state index contributed by atoms with van der Waals surface area (Å²) in [6, 6.07) is 4.05. The molecule has 0 atom stereocenters. The van der Waals surface area contributed by atoms with E-state index < -0.39 is 4.92 Å². The average molecular weight is 306 g/mol. The lowest BCUT2D eigenvalue weighted by molar-refractivity contribution is -0.383. The summed E-state index contributed by atoms with van der Waals surface area (Å²) >= 11 is 1.23. The van der Waals surface area contributed by atoms with E-state index in [1.807, 2.05) is 6.92 Å². The Bertz CT molecular complexity index is 711. The minimum Gasteiger partial charge on any atom is -0.393 e. The summed E-state index contributed by atoms with van der Waals surface area (Å²) < 4.78 is 0. The maximum absolute atomic E-state index is 12.5. The van der Waals surface area contributed by atoms with Gasteiger partial charge in [-0.25, -0.2) is 4.98 Å². The zero-order chi connectivity index (χ0) is 15.6. The molecule has 0 radical (unpaired) electrons. The third kappa shape index (κ3) is 3.00. The molecule has 0 saturated heterocycles. The summed E-state index contributed by atoms with van der Waals surface area (Å²) in [6.07, 6.45) is 0. The van der Waals surface area contributed by atoms with Crippen molar-refractivity contribution >= 4 is 33.6 Å². The summed E-state index contributed by atoms with van der Waals surface area (Å²) in [7, 11) is 0. The number of benzene rings is 1. The van der Waals surface area contributed by atoms with Gasteiger partial charge in [0.25, 0.3) is 5.69 Å². The van der Waals surface area contributed by atoms with Crippen LogP contribution >= 0.6 is 11.3 Å². The first-order valence-electron chi connectivity index (χ1n) is 6.24. The molecule has 1 heterocycles.